The van der Waals surface area contributed by atoms with E-state index < -0.39 is 78.8 Å². The summed E-state index contributed by atoms with van der Waals surface area (Å²) in [7, 11) is 6.09. The number of hydrogen-bond acceptors (Lipinski definition) is 27. The smallest absolute Gasteiger partial charge is 0.322 e. The van der Waals surface area contributed by atoms with Crippen LogP contribution in [0.25, 0.3) is 0 Å². The molecular formula is C90H128Cl2N8O26. The Bertz CT molecular complexity index is 3820. The quantitative estimate of drug-likeness (QED) is 0.0109. The van der Waals surface area contributed by atoms with Crippen LogP contribution in [-0.2, 0) is 140 Å². The van der Waals surface area contributed by atoms with Crippen molar-refractivity contribution in [3.63, 3.8) is 0 Å². The number of benzene rings is 6. The van der Waals surface area contributed by atoms with Crippen LogP contribution in [0.5, 0.6) is 0 Å². The van der Waals surface area contributed by atoms with E-state index in [9.17, 15) is 76.7 Å². The lowest BCUT2D eigenvalue weighted by molar-refractivity contribution is -0.156. The molecule has 6 unspecified atom stereocenters. The number of carboxylic acid groups (broad SMARTS) is 2. The first kappa shape index (κ1) is 123. The largest absolute Gasteiger partial charge is 0.481 e. The van der Waals surface area contributed by atoms with Gasteiger partial charge in [0.1, 0.15) is 41.0 Å². The lowest BCUT2D eigenvalue weighted by atomic mass is 10.0. The van der Waals surface area contributed by atoms with Crippen LogP contribution < -0.4 is 43.8 Å². The highest BCUT2D eigenvalue weighted by Crippen LogP contribution is 2.11. The fourth-order valence-corrected chi connectivity index (χ4v) is 9.27. The first-order chi connectivity index (χ1) is 59.5. The van der Waals surface area contributed by atoms with Crippen LogP contribution in [0.4, 0.5) is 0 Å². The molecule has 6 aromatic rings. The minimum atomic E-state index is -1.18. The number of carbonyl (C=O) groups is 16. The van der Waals surface area contributed by atoms with Crippen molar-refractivity contribution in [1.29, 1.82) is 0 Å². The number of methoxy groups -OCH3 is 4. The topological polar surface area (TPSA) is 559 Å². The molecule has 0 bridgehead atoms. The molecule has 0 aliphatic carbocycles. The number of carbonyl (C=O) groups excluding carboxylic acids is 14. The SMILES string of the molecule is CC(=O)CC(CO)C(=O)NCc1ccccc1.CC(=O)CC(CO)C(=O)O.CC(=O)Cl.CC(=O)Cl.CC(=O)OC(C)=O.COCC(CC(C)=O)C(=O)NCc1ccccc1.COCC(CC(C)=O)C(=O)NCc1ccccc1.COCC(N)C(=O)NCc1ccccc1.COC[C@@H](CC(C)=O)C(=O)NCc1ccccc1.NC(CO)C(=O)O.NCc1ccccc1. The minimum absolute atomic E-state index is 0.00749. The van der Waals surface area contributed by atoms with Gasteiger partial charge in [-0.25, -0.2) is 0 Å². The number of aliphatic hydroxyl groups excluding tert-OH is 3. The van der Waals surface area contributed by atoms with Crippen molar-refractivity contribution in [3.8, 4) is 0 Å². The molecule has 36 heteroatoms. The number of aliphatic carboxylic acids is 2. The molecule has 0 heterocycles. The molecule has 0 aliphatic rings. The molecule has 0 saturated carbocycles. The zero-order valence-corrected chi connectivity index (χ0v) is 75.4. The number of nitrogens with two attached hydrogens (primary N) is 3. The number of aliphatic hydroxyl groups is 3. The van der Waals surface area contributed by atoms with Gasteiger partial charge in [0.25, 0.3) is 0 Å². The van der Waals surface area contributed by atoms with E-state index in [0.29, 0.717) is 39.3 Å². The molecule has 16 N–H and O–H groups in total. The molecule has 6 aromatic carbocycles. The number of hydrogen-bond donors (Lipinski definition) is 13. The summed E-state index contributed by atoms with van der Waals surface area (Å²) in [6.07, 6.45) is 0.639. The Labute approximate surface area is 747 Å². The van der Waals surface area contributed by atoms with E-state index in [1.165, 1.54) is 96.3 Å². The summed E-state index contributed by atoms with van der Waals surface area (Å²) in [5.41, 5.74) is 22.0. The number of ether oxygens (including phenoxy) is 5. The molecule has 7 atom stereocenters. The molecule has 0 radical (unpaired) electrons. The van der Waals surface area contributed by atoms with Crippen LogP contribution in [0.2, 0.25) is 0 Å². The highest BCUT2D eigenvalue weighted by Gasteiger charge is 2.24. The Morgan fingerprint density at radius 3 is 0.659 bits per heavy atom. The summed E-state index contributed by atoms with van der Waals surface area (Å²) in [4.78, 5) is 171. The van der Waals surface area contributed by atoms with Gasteiger partial charge in [0.05, 0.1) is 75.8 Å². The molecule has 0 fully saturated rings. The van der Waals surface area contributed by atoms with Gasteiger partial charge in [0, 0.05) is 128 Å². The number of Topliss-reactive ketones (excluding diaryl/α,β-unsaturated/α-hetero) is 5. The number of amides is 5. The van der Waals surface area contributed by atoms with Gasteiger partial charge < -0.3 is 117 Å². The van der Waals surface area contributed by atoms with Crippen molar-refractivity contribution < 1.29 is 126 Å². The van der Waals surface area contributed by atoms with Crippen molar-refractivity contribution in [2.24, 2.45) is 46.8 Å². The van der Waals surface area contributed by atoms with Crippen LogP contribution in [-0.4, -0.2) is 205 Å². The summed E-state index contributed by atoms with van der Waals surface area (Å²) < 4.78 is 23.7. The van der Waals surface area contributed by atoms with Crippen molar-refractivity contribution in [3.05, 3.63) is 215 Å². The number of esters is 2. The third kappa shape index (κ3) is 78.6. The van der Waals surface area contributed by atoms with Crippen molar-refractivity contribution in [2.45, 2.75) is 146 Å². The van der Waals surface area contributed by atoms with Crippen molar-refractivity contribution in [1.82, 2.24) is 26.6 Å². The Kier molecular flexibility index (Phi) is 78.9. The average molecular weight is 1810 g/mol. The number of rotatable bonds is 39. The third-order valence-corrected chi connectivity index (χ3v) is 15.2. The highest BCUT2D eigenvalue weighted by molar-refractivity contribution is 6.63. The lowest BCUT2D eigenvalue weighted by Crippen LogP contribution is -2.43. The summed E-state index contributed by atoms with van der Waals surface area (Å²) >= 11 is 9.27. The summed E-state index contributed by atoms with van der Waals surface area (Å²) in [5.74, 6) is -7.47. The second kappa shape index (κ2) is 80.7. The van der Waals surface area contributed by atoms with E-state index in [-0.39, 0.29) is 134 Å². The molecular weight excluding hydrogens is 1680 g/mol. The van der Waals surface area contributed by atoms with E-state index in [0.717, 1.165) is 27.8 Å². The lowest BCUT2D eigenvalue weighted by Gasteiger charge is -2.14. The summed E-state index contributed by atoms with van der Waals surface area (Å²) in [5, 5.41) is 54.8. The first-order valence-electron chi connectivity index (χ1n) is 39.1. The maximum atomic E-state index is 11.9. The van der Waals surface area contributed by atoms with E-state index in [1.54, 1.807) is 0 Å². The fraction of sp³-hybridized carbons (Fsp3) is 0.422. The molecule has 698 valence electrons. The maximum Gasteiger partial charge on any atom is 0.322 e. The van der Waals surface area contributed by atoms with E-state index >= 15 is 0 Å². The van der Waals surface area contributed by atoms with E-state index in [2.05, 4.69) is 54.5 Å². The molecule has 0 spiro atoms. The summed E-state index contributed by atoms with van der Waals surface area (Å²) in [6.45, 7) is 14.8. The molecule has 34 nitrogen and oxygen atoms in total. The third-order valence-electron chi connectivity index (χ3n) is 15.2. The Balaban J connectivity index is -0.000000438. The predicted molar refractivity (Wildman–Crippen MR) is 475 cm³/mol. The number of carboxylic acids is 2. The molecule has 0 aromatic heterocycles. The highest BCUT2D eigenvalue weighted by atomic mass is 35.5. The van der Waals surface area contributed by atoms with Gasteiger partial charge in [-0.3, -0.25) is 52.7 Å². The van der Waals surface area contributed by atoms with E-state index in [1.807, 2.05) is 182 Å². The Morgan fingerprint density at radius 2 is 0.508 bits per heavy atom. The molecule has 5 amide bonds. The van der Waals surface area contributed by atoms with Gasteiger partial charge in [-0.1, -0.05) is 182 Å². The van der Waals surface area contributed by atoms with Gasteiger partial charge in [-0.2, -0.15) is 0 Å². The van der Waals surface area contributed by atoms with Crippen LogP contribution in [0, 0.1) is 29.6 Å². The second-order valence-corrected chi connectivity index (χ2v) is 28.1. The fourth-order valence-electron chi connectivity index (χ4n) is 9.27. The monoisotopic (exact) mass is 1810 g/mol. The zero-order chi connectivity index (χ0) is 96.8. The van der Waals surface area contributed by atoms with Crippen LogP contribution in [0.15, 0.2) is 182 Å². The predicted octanol–water partition coefficient (Wildman–Crippen LogP) is 6.63. The first-order valence-corrected chi connectivity index (χ1v) is 39.9. The standard InChI is InChI=1S/3C14H19NO3.C13H17NO3.C11H16N2O2.C7H9N.C6H10O4.C4H6O3.C3H7NO3.2C2H3ClO/c3*1-11(16)8-13(10-18-2)14(17)15-9-12-6-4-3-5-7-12;1-10(16)7-12(9-15)13(17)14-8-11-5-3-2-4-6-11;1-15-8-10(12)11(14)13-7-9-5-3-2-4-6-9;8-6-7-4-2-1-3-5-7;1-4(8)2-5(3-7)6(9)10;1-3(5)7-4(2)6;4-2(1-5)3(6)7;2*1-2(3)4/h3*3-7,13H,8-10H2,1-2H3,(H,15,17);2-6,12,15H,7-9H2,1H3,(H,14,17);2-6,10H,7-8,12H2,1H3,(H,13,14);1-5H,6,8H2;5,7H,2-3H2,1H3,(H,9,10);1-2H3;2,5H,1,4H2,(H,6,7);2*1H3/t13-;;;;;;;;;;/m1........../s1. The number of ketones is 5. The Morgan fingerprint density at radius 1 is 0.302 bits per heavy atom. The molecule has 126 heavy (non-hydrogen) atoms. The number of nitrogens with one attached hydrogen (secondary N) is 5. The molecule has 0 saturated heterocycles. The normalized spacial score (nSPS) is 11.3. The molecule has 0 aliphatic heterocycles. The van der Waals surface area contributed by atoms with Gasteiger partial charge in [-0.15, -0.1) is 0 Å². The van der Waals surface area contributed by atoms with Gasteiger partial charge >= 0.3 is 23.9 Å². The zero-order valence-electron chi connectivity index (χ0n) is 73.9. The second-order valence-electron chi connectivity index (χ2n) is 27.0. The number of halogens is 2. The van der Waals surface area contributed by atoms with Crippen LogP contribution in [0.1, 0.15) is 128 Å². The van der Waals surface area contributed by atoms with Crippen LogP contribution in [0.3, 0.4) is 0 Å². The van der Waals surface area contributed by atoms with Gasteiger partial charge in [-0.05, 0) is 91.2 Å². The van der Waals surface area contributed by atoms with Gasteiger partial charge in [0.15, 0.2) is 0 Å². The van der Waals surface area contributed by atoms with Crippen LogP contribution >= 0.6 is 23.2 Å². The Hall–Kier alpha value is -11.4. The molecule has 6 rings (SSSR count). The van der Waals surface area contributed by atoms with Crippen molar-refractivity contribution >= 4 is 116 Å². The van der Waals surface area contributed by atoms with Crippen molar-refractivity contribution in [2.75, 3.05) is 74.7 Å². The average Bonchev–Trinajstić information content (AvgIpc) is 0.920. The summed E-state index contributed by atoms with van der Waals surface area (Å²) in [6, 6.07) is 56.4. The maximum absolute atomic E-state index is 11.9. The van der Waals surface area contributed by atoms with E-state index in [4.69, 9.17) is 61.7 Å². The van der Waals surface area contributed by atoms with Gasteiger partial charge in [0.2, 0.25) is 40.0 Å². The minimum Gasteiger partial charge on any atom is -0.481 e.